The van der Waals surface area contributed by atoms with Crippen LogP contribution in [-0.2, 0) is 17.6 Å². The van der Waals surface area contributed by atoms with Gasteiger partial charge in [0.2, 0.25) is 5.91 Å². The zero-order valence-corrected chi connectivity index (χ0v) is 21.8. The molecule has 0 saturated carbocycles. The number of fused-ring (bicyclic) bond motifs is 1. The summed E-state index contributed by atoms with van der Waals surface area (Å²) < 4.78 is 56.6. The van der Waals surface area contributed by atoms with E-state index in [1.807, 2.05) is 0 Å². The summed E-state index contributed by atoms with van der Waals surface area (Å²) >= 11 is 0. The number of aromatic nitrogens is 2. The summed E-state index contributed by atoms with van der Waals surface area (Å²) in [6.07, 6.45) is 2.91. The standard InChI is InChI=1S/C31H24F4N4O2/c1-36-31(41)19-10-18(11-24(35)12-19)25-3-2-6-37-30(25)28(9-17-7-22(33)14-23(34)8-17)39-29(40)13-20-16-38-27-5-4-21(32)15-26(20)27/h2-8,10-12,14-16,28,38H,9,13H2,1H3,(H,36,41)(H,39,40)/t28-/m0/s1. The summed E-state index contributed by atoms with van der Waals surface area (Å²) in [6, 6.07) is 13.4. The van der Waals surface area contributed by atoms with Gasteiger partial charge in [-0.25, -0.2) is 17.6 Å². The van der Waals surface area contributed by atoms with Crippen LogP contribution in [0.5, 0.6) is 0 Å². The number of aromatic amines is 1. The van der Waals surface area contributed by atoms with Gasteiger partial charge in [0, 0.05) is 47.5 Å². The van der Waals surface area contributed by atoms with E-state index in [4.69, 9.17) is 0 Å². The number of benzene rings is 3. The number of carbonyl (C=O) groups excluding carboxylic acids is 2. The first-order valence-electron chi connectivity index (χ1n) is 12.7. The van der Waals surface area contributed by atoms with E-state index < -0.39 is 41.1 Å². The molecule has 0 radical (unpaired) electrons. The number of rotatable bonds is 8. The Balaban J connectivity index is 1.54. The first-order valence-corrected chi connectivity index (χ1v) is 12.7. The molecule has 6 nitrogen and oxygen atoms in total. The van der Waals surface area contributed by atoms with Crippen molar-refractivity contribution >= 4 is 22.7 Å². The predicted molar refractivity (Wildman–Crippen MR) is 146 cm³/mol. The normalized spacial score (nSPS) is 11.8. The molecule has 41 heavy (non-hydrogen) atoms. The minimum atomic E-state index is -0.909. The first kappa shape index (κ1) is 27.6. The number of nitrogens with one attached hydrogen (secondary N) is 3. The van der Waals surface area contributed by atoms with Crippen LogP contribution in [0.15, 0.2) is 79.1 Å². The zero-order chi connectivity index (χ0) is 29.1. The van der Waals surface area contributed by atoms with Crippen LogP contribution >= 0.6 is 0 Å². The van der Waals surface area contributed by atoms with Crippen LogP contribution in [0.4, 0.5) is 17.6 Å². The number of nitrogens with zero attached hydrogens (tertiary/aromatic N) is 1. The SMILES string of the molecule is CNC(=O)c1cc(F)cc(-c2cccnc2[C@H](Cc2cc(F)cc(F)c2)NC(=O)Cc2c[nH]c3ccc(F)cc23)c1. The topological polar surface area (TPSA) is 86.9 Å². The highest BCUT2D eigenvalue weighted by atomic mass is 19.1. The van der Waals surface area contributed by atoms with Crippen LogP contribution in [0.3, 0.4) is 0 Å². The number of halogens is 4. The highest BCUT2D eigenvalue weighted by Crippen LogP contribution is 2.31. The number of hydrogen-bond acceptors (Lipinski definition) is 3. The Morgan fingerprint density at radius 1 is 0.902 bits per heavy atom. The van der Waals surface area contributed by atoms with E-state index in [0.717, 1.165) is 24.3 Å². The van der Waals surface area contributed by atoms with Gasteiger partial charge in [-0.15, -0.1) is 0 Å². The Kier molecular flexibility index (Phi) is 7.82. The van der Waals surface area contributed by atoms with Crippen LogP contribution in [0.1, 0.15) is 33.2 Å². The maximum absolute atomic E-state index is 14.6. The van der Waals surface area contributed by atoms with Crippen molar-refractivity contribution in [1.29, 1.82) is 0 Å². The van der Waals surface area contributed by atoms with E-state index in [-0.39, 0.29) is 24.0 Å². The molecule has 0 aliphatic heterocycles. The Morgan fingerprint density at radius 2 is 1.66 bits per heavy atom. The Morgan fingerprint density at radius 3 is 2.41 bits per heavy atom. The van der Waals surface area contributed by atoms with E-state index in [2.05, 4.69) is 20.6 Å². The molecule has 0 saturated heterocycles. The van der Waals surface area contributed by atoms with Crippen LogP contribution in [0.2, 0.25) is 0 Å². The number of hydrogen-bond donors (Lipinski definition) is 3. The molecule has 208 valence electrons. The average Bonchev–Trinajstić information content (AvgIpc) is 3.32. The first-order chi connectivity index (χ1) is 19.7. The number of H-pyrrole nitrogens is 1. The van der Waals surface area contributed by atoms with Gasteiger partial charge in [-0.05, 0) is 77.7 Å². The van der Waals surface area contributed by atoms with Gasteiger partial charge >= 0.3 is 0 Å². The third-order valence-electron chi connectivity index (χ3n) is 6.64. The summed E-state index contributed by atoms with van der Waals surface area (Å²) in [6.45, 7) is 0. The predicted octanol–water partition coefficient (Wildman–Crippen LogP) is 5.79. The second kappa shape index (κ2) is 11.6. The summed E-state index contributed by atoms with van der Waals surface area (Å²) in [5, 5.41) is 5.89. The molecule has 0 aliphatic rings. The maximum atomic E-state index is 14.6. The molecule has 2 amide bonds. The van der Waals surface area contributed by atoms with Crippen molar-refractivity contribution in [3.63, 3.8) is 0 Å². The second-order valence-corrected chi connectivity index (χ2v) is 9.53. The molecule has 2 heterocycles. The highest BCUT2D eigenvalue weighted by molar-refractivity contribution is 5.95. The van der Waals surface area contributed by atoms with Crippen LogP contribution < -0.4 is 10.6 Å². The van der Waals surface area contributed by atoms with Gasteiger partial charge in [0.25, 0.3) is 5.91 Å². The molecular formula is C31H24F4N4O2. The minimum absolute atomic E-state index is 0.0510. The Labute approximate surface area is 232 Å². The molecular weight excluding hydrogens is 536 g/mol. The Hall–Kier alpha value is -4.99. The van der Waals surface area contributed by atoms with Gasteiger partial charge < -0.3 is 15.6 Å². The third kappa shape index (κ3) is 6.27. The van der Waals surface area contributed by atoms with Crippen molar-refractivity contribution in [1.82, 2.24) is 20.6 Å². The fraction of sp³-hybridized carbons (Fsp3) is 0.129. The molecule has 1 atom stereocenters. The summed E-state index contributed by atoms with van der Waals surface area (Å²) in [5.41, 5.74) is 2.57. The molecule has 10 heteroatoms. The maximum Gasteiger partial charge on any atom is 0.251 e. The number of carbonyl (C=O) groups is 2. The van der Waals surface area contributed by atoms with Crippen molar-refractivity contribution < 1.29 is 27.2 Å². The number of amides is 2. The van der Waals surface area contributed by atoms with E-state index in [1.54, 1.807) is 24.4 Å². The molecule has 0 unspecified atom stereocenters. The molecule has 0 fully saturated rings. The van der Waals surface area contributed by atoms with E-state index in [9.17, 15) is 27.2 Å². The Bertz CT molecular complexity index is 1750. The molecule has 5 aromatic rings. The minimum Gasteiger partial charge on any atom is -0.361 e. The fourth-order valence-corrected chi connectivity index (χ4v) is 4.86. The number of pyridine rings is 1. The van der Waals surface area contributed by atoms with Crippen molar-refractivity contribution in [2.24, 2.45) is 0 Å². The lowest BCUT2D eigenvalue weighted by Gasteiger charge is -2.22. The van der Waals surface area contributed by atoms with Crippen molar-refractivity contribution in [2.45, 2.75) is 18.9 Å². The molecule has 0 aliphatic carbocycles. The quantitative estimate of drug-likeness (QED) is 0.210. The van der Waals surface area contributed by atoms with Crippen LogP contribution in [0, 0.1) is 23.3 Å². The largest absolute Gasteiger partial charge is 0.361 e. The van der Waals surface area contributed by atoms with Crippen molar-refractivity contribution in [3.8, 4) is 11.1 Å². The van der Waals surface area contributed by atoms with Gasteiger partial charge in [-0.3, -0.25) is 14.6 Å². The van der Waals surface area contributed by atoms with Gasteiger partial charge in [0.15, 0.2) is 0 Å². The highest BCUT2D eigenvalue weighted by Gasteiger charge is 2.23. The van der Waals surface area contributed by atoms with Crippen molar-refractivity contribution in [2.75, 3.05) is 7.05 Å². The van der Waals surface area contributed by atoms with Gasteiger partial charge in [-0.2, -0.15) is 0 Å². The fourth-order valence-electron chi connectivity index (χ4n) is 4.86. The van der Waals surface area contributed by atoms with Crippen LogP contribution in [0.25, 0.3) is 22.0 Å². The van der Waals surface area contributed by atoms with E-state index >= 15 is 0 Å². The van der Waals surface area contributed by atoms with Gasteiger partial charge in [0.1, 0.15) is 23.3 Å². The lowest BCUT2D eigenvalue weighted by molar-refractivity contribution is -0.121. The summed E-state index contributed by atoms with van der Waals surface area (Å²) in [7, 11) is 1.42. The second-order valence-electron chi connectivity index (χ2n) is 9.53. The summed E-state index contributed by atoms with van der Waals surface area (Å²) in [4.78, 5) is 33.0. The zero-order valence-electron chi connectivity index (χ0n) is 21.8. The molecule has 3 N–H and O–H groups in total. The third-order valence-corrected chi connectivity index (χ3v) is 6.64. The molecule has 0 bridgehead atoms. The monoisotopic (exact) mass is 560 g/mol. The molecule has 0 spiro atoms. The van der Waals surface area contributed by atoms with Gasteiger partial charge in [0.05, 0.1) is 18.2 Å². The lowest BCUT2D eigenvalue weighted by atomic mass is 9.94. The van der Waals surface area contributed by atoms with E-state index in [1.165, 1.54) is 37.5 Å². The van der Waals surface area contributed by atoms with Crippen LogP contribution in [-0.4, -0.2) is 28.8 Å². The molecule has 5 rings (SSSR count). The molecule has 3 aromatic carbocycles. The summed E-state index contributed by atoms with van der Waals surface area (Å²) in [5.74, 6) is -3.63. The molecule has 2 aromatic heterocycles. The van der Waals surface area contributed by atoms with Gasteiger partial charge in [-0.1, -0.05) is 6.07 Å². The van der Waals surface area contributed by atoms with Crippen molar-refractivity contribution in [3.05, 3.63) is 125 Å². The van der Waals surface area contributed by atoms with E-state index in [0.29, 0.717) is 33.3 Å². The average molecular weight is 561 g/mol. The lowest BCUT2D eigenvalue weighted by Crippen LogP contribution is -2.32. The smallest absolute Gasteiger partial charge is 0.251 e.